The summed E-state index contributed by atoms with van der Waals surface area (Å²) >= 11 is 3.31. The lowest BCUT2D eigenvalue weighted by molar-refractivity contribution is -0.123. The van der Waals surface area contributed by atoms with E-state index in [1.807, 2.05) is 0 Å². The van der Waals surface area contributed by atoms with Crippen LogP contribution < -0.4 is 5.73 Å². The number of rotatable bonds is 4. The third-order valence-corrected chi connectivity index (χ3v) is 4.75. The molecule has 4 heteroatoms. The maximum absolute atomic E-state index is 13.0. The molecule has 1 aromatic rings. The number of hydrogen-bond acceptors (Lipinski definition) is 2. The van der Waals surface area contributed by atoms with Gasteiger partial charge in [-0.15, -0.1) is 0 Å². The van der Waals surface area contributed by atoms with Gasteiger partial charge in [0.25, 0.3) is 0 Å². The van der Waals surface area contributed by atoms with Crippen LogP contribution in [0, 0.1) is 17.7 Å². The molecule has 1 aliphatic carbocycles. The van der Waals surface area contributed by atoms with Gasteiger partial charge in [0.1, 0.15) is 11.6 Å². The Kier molecular flexibility index (Phi) is 5.11. The third-order valence-electron chi connectivity index (χ3n) is 4.02. The fourth-order valence-corrected chi connectivity index (χ4v) is 3.21. The summed E-state index contributed by atoms with van der Waals surface area (Å²) in [6, 6.07) is 4.50. The van der Waals surface area contributed by atoms with E-state index in [4.69, 9.17) is 5.73 Å². The maximum Gasteiger partial charge on any atom is 0.140 e. The smallest absolute Gasteiger partial charge is 0.140 e. The average molecular weight is 328 g/mol. The molecule has 104 valence electrons. The van der Waals surface area contributed by atoms with Gasteiger partial charge in [-0.05, 0) is 55.8 Å². The Balaban J connectivity index is 1.94. The van der Waals surface area contributed by atoms with Crippen LogP contribution in [0.3, 0.4) is 0 Å². The predicted octanol–water partition coefficient (Wildman–Crippen LogP) is 3.46. The van der Waals surface area contributed by atoms with Crippen molar-refractivity contribution in [2.24, 2.45) is 17.6 Å². The number of carbonyl (C=O) groups excluding carboxylic acids is 1. The second kappa shape index (κ2) is 6.62. The number of halogens is 2. The van der Waals surface area contributed by atoms with Crippen molar-refractivity contribution in [1.82, 2.24) is 0 Å². The molecular weight excluding hydrogens is 309 g/mol. The topological polar surface area (TPSA) is 43.1 Å². The van der Waals surface area contributed by atoms with Crippen molar-refractivity contribution in [3.8, 4) is 0 Å². The fraction of sp³-hybridized carbons (Fsp3) is 0.533. The summed E-state index contributed by atoms with van der Waals surface area (Å²) in [7, 11) is 0. The minimum atomic E-state index is -0.286. The zero-order valence-electron chi connectivity index (χ0n) is 10.9. The highest BCUT2D eigenvalue weighted by atomic mass is 79.9. The van der Waals surface area contributed by atoms with Gasteiger partial charge in [-0.2, -0.15) is 0 Å². The SMILES string of the molecule is NCC1CCC(C(=O)Cc2ccc(F)cc2Br)CC1. The number of ketones is 1. The summed E-state index contributed by atoms with van der Waals surface area (Å²) in [5.74, 6) is 0.718. The van der Waals surface area contributed by atoms with Crippen molar-refractivity contribution in [2.45, 2.75) is 32.1 Å². The van der Waals surface area contributed by atoms with Crippen LogP contribution in [0.2, 0.25) is 0 Å². The van der Waals surface area contributed by atoms with Crippen molar-refractivity contribution in [1.29, 1.82) is 0 Å². The Labute approximate surface area is 121 Å². The number of carbonyl (C=O) groups is 1. The minimum absolute atomic E-state index is 0.153. The molecule has 2 nitrogen and oxygen atoms in total. The molecule has 0 aromatic heterocycles. The number of benzene rings is 1. The van der Waals surface area contributed by atoms with E-state index in [1.54, 1.807) is 6.07 Å². The lowest BCUT2D eigenvalue weighted by Crippen LogP contribution is -2.26. The quantitative estimate of drug-likeness (QED) is 0.920. The fourth-order valence-electron chi connectivity index (χ4n) is 2.72. The van der Waals surface area contributed by atoms with E-state index >= 15 is 0 Å². The molecule has 1 aliphatic rings. The van der Waals surface area contributed by atoms with Crippen molar-refractivity contribution >= 4 is 21.7 Å². The minimum Gasteiger partial charge on any atom is -0.330 e. The Morgan fingerprint density at radius 3 is 2.58 bits per heavy atom. The first-order valence-electron chi connectivity index (χ1n) is 6.77. The van der Waals surface area contributed by atoms with Crippen LogP contribution in [0.1, 0.15) is 31.2 Å². The summed E-state index contributed by atoms with van der Waals surface area (Å²) in [5, 5.41) is 0. The Bertz CT molecular complexity index is 455. The van der Waals surface area contributed by atoms with E-state index in [1.165, 1.54) is 12.1 Å². The lowest BCUT2D eigenvalue weighted by atomic mass is 9.79. The predicted molar refractivity (Wildman–Crippen MR) is 77.3 cm³/mol. The van der Waals surface area contributed by atoms with Crippen LogP contribution >= 0.6 is 15.9 Å². The van der Waals surface area contributed by atoms with Crippen LogP contribution in [0.25, 0.3) is 0 Å². The van der Waals surface area contributed by atoms with Gasteiger partial charge in [0.15, 0.2) is 0 Å². The van der Waals surface area contributed by atoms with Gasteiger partial charge in [0, 0.05) is 16.8 Å². The molecule has 0 amide bonds. The average Bonchev–Trinajstić information content (AvgIpc) is 2.42. The molecule has 19 heavy (non-hydrogen) atoms. The molecule has 2 N–H and O–H groups in total. The van der Waals surface area contributed by atoms with Crippen LogP contribution in [-0.4, -0.2) is 12.3 Å². The van der Waals surface area contributed by atoms with Crippen LogP contribution in [0.15, 0.2) is 22.7 Å². The largest absolute Gasteiger partial charge is 0.330 e. The second-order valence-electron chi connectivity index (χ2n) is 5.33. The third kappa shape index (κ3) is 3.86. The summed E-state index contributed by atoms with van der Waals surface area (Å²) in [6.07, 6.45) is 4.38. The van der Waals surface area contributed by atoms with E-state index in [9.17, 15) is 9.18 Å². The standard InChI is InChI=1S/C15H19BrFNO/c16-14-8-13(17)6-5-12(14)7-15(19)11-3-1-10(9-18)2-4-11/h5-6,8,10-11H,1-4,7,9,18H2. The molecule has 0 atom stereocenters. The van der Waals surface area contributed by atoms with Crippen molar-refractivity contribution in [3.63, 3.8) is 0 Å². The molecule has 0 spiro atoms. The van der Waals surface area contributed by atoms with Crippen molar-refractivity contribution in [2.75, 3.05) is 6.54 Å². The van der Waals surface area contributed by atoms with Gasteiger partial charge >= 0.3 is 0 Å². The Morgan fingerprint density at radius 2 is 2.00 bits per heavy atom. The first-order chi connectivity index (χ1) is 9.10. The van der Waals surface area contributed by atoms with Crippen LogP contribution in [0.5, 0.6) is 0 Å². The van der Waals surface area contributed by atoms with E-state index < -0.39 is 0 Å². The molecule has 1 aromatic carbocycles. The van der Waals surface area contributed by atoms with Gasteiger partial charge in [0.2, 0.25) is 0 Å². The molecular formula is C15H19BrFNO. The highest BCUT2D eigenvalue weighted by Crippen LogP contribution is 2.30. The maximum atomic E-state index is 13.0. The van der Waals surface area contributed by atoms with Gasteiger partial charge in [-0.25, -0.2) is 4.39 Å². The Hall–Kier alpha value is -0.740. The van der Waals surface area contributed by atoms with E-state index in [2.05, 4.69) is 15.9 Å². The van der Waals surface area contributed by atoms with Crippen molar-refractivity contribution in [3.05, 3.63) is 34.1 Å². The molecule has 0 heterocycles. The van der Waals surface area contributed by atoms with Gasteiger partial charge in [-0.3, -0.25) is 4.79 Å². The molecule has 0 saturated heterocycles. The molecule has 0 unspecified atom stereocenters. The normalized spacial score (nSPS) is 23.3. The highest BCUT2D eigenvalue weighted by Gasteiger charge is 2.25. The van der Waals surface area contributed by atoms with E-state index in [-0.39, 0.29) is 17.5 Å². The van der Waals surface area contributed by atoms with Gasteiger partial charge in [0.05, 0.1) is 0 Å². The molecule has 0 bridgehead atoms. The molecule has 1 saturated carbocycles. The zero-order chi connectivity index (χ0) is 13.8. The van der Waals surface area contributed by atoms with Crippen molar-refractivity contribution < 1.29 is 9.18 Å². The first-order valence-corrected chi connectivity index (χ1v) is 7.56. The molecule has 0 radical (unpaired) electrons. The van der Waals surface area contributed by atoms with E-state index in [0.717, 1.165) is 37.8 Å². The molecule has 1 fully saturated rings. The van der Waals surface area contributed by atoms with Crippen LogP contribution in [-0.2, 0) is 11.2 Å². The second-order valence-corrected chi connectivity index (χ2v) is 6.19. The monoisotopic (exact) mass is 327 g/mol. The van der Waals surface area contributed by atoms with Gasteiger partial charge in [-0.1, -0.05) is 22.0 Å². The van der Waals surface area contributed by atoms with Gasteiger partial charge < -0.3 is 5.73 Å². The molecule has 0 aliphatic heterocycles. The number of hydrogen-bond donors (Lipinski definition) is 1. The zero-order valence-corrected chi connectivity index (χ0v) is 12.5. The number of Topliss-reactive ketones (excluding diaryl/α,β-unsaturated/α-hetero) is 1. The first kappa shape index (κ1) is 14.7. The van der Waals surface area contributed by atoms with E-state index in [0.29, 0.717) is 16.8 Å². The summed E-state index contributed by atoms with van der Waals surface area (Å²) in [5.41, 5.74) is 6.52. The Morgan fingerprint density at radius 1 is 1.32 bits per heavy atom. The summed E-state index contributed by atoms with van der Waals surface area (Å²) in [4.78, 5) is 12.3. The number of nitrogens with two attached hydrogens (primary N) is 1. The lowest BCUT2D eigenvalue weighted by Gasteiger charge is -2.26. The van der Waals surface area contributed by atoms with Crippen LogP contribution in [0.4, 0.5) is 4.39 Å². The highest BCUT2D eigenvalue weighted by molar-refractivity contribution is 9.10. The summed E-state index contributed by atoms with van der Waals surface area (Å²) < 4.78 is 13.7. The molecule has 2 rings (SSSR count). The summed E-state index contributed by atoms with van der Waals surface area (Å²) in [6.45, 7) is 0.727.